The van der Waals surface area contributed by atoms with Crippen LogP contribution in [-0.4, -0.2) is 9.78 Å². The number of benzene rings is 1. The minimum absolute atomic E-state index is 0.378. The lowest BCUT2D eigenvalue weighted by atomic mass is 10.2. The van der Waals surface area contributed by atoms with Gasteiger partial charge in [-0.2, -0.15) is 10.4 Å². The summed E-state index contributed by atoms with van der Waals surface area (Å²) in [5.74, 6) is 0.619. The standard InChI is InChI=1S/C14H12BrN3/c15-11-3-5-13(6-4-11)18-14(10-1-2-10)9-12(17-18)7-8-16/h3-6,9-10H,1-2,7H2. The maximum atomic E-state index is 8.78. The molecule has 0 radical (unpaired) electrons. The van der Waals surface area contributed by atoms with Crippen molar-refractivity contribution in [2.24, 2.45) is 0 Å². The Morgan fingerprint density at radius 1 is 1.33 bits per heavy atom. The molecule has 1 aliphatic carbocycles. The van der Waals surface area contributed by atoms with Crippen molar-refractivity contribution in [2.45, 2.75) is 25.2 Å². The van der Waals surface area contributed by atoms with Crippen molar-refractivity contribution in [3.63, 3.8) is 0 Å². The van der Waals surface area contributed by atoms with E-state index in [4.69, 9.17) is 5.26 Å². The number of rotatable bonds is 3. The molecule has 0 aliphatic heterocycles. The van der Waals surface area contributed by atoms with Gasteiger partial charge in [0.25, 0.3) is 0 Å². The lowest BCUT2D eigenvalue weighted by molar-refractivity contribution is 0.795. The van der Waals surface area contributed by atoms with Crippen molar-refractivity contribution in [2.75, 3.05) is 0 Å². The van der Waals surface area contributed by atoms with E-state index >= 15 is 0 Å². The average Bonchev–Trinajstić information content (AvgIpc) is 3.13. The van der Waals surface area contributed by atoms with E-state index in [0.29, 0.717) is 12.3 Å². The SMILES string of the molecule is N#CCc1cc(C2CC2)n(-c2ccc(Br)cc2)n1. The molecule has 1 saturated carbocycles. The van der Waals surface area contributed by atoms with Crippen molar-refractivity contribution in [1.82, 2.24) is 9.78 Å². The van der Waals surface area contributed by atoms with Gasteiger partial charge in [0.15, 0.2) is 0 Å². The molecule has 0 spiro atoms. The number of aromatic nitrogens is 2. The van der Waals surface area contributed by atoms with E-state index in [1.54, 1.807) is 0 Å². The summed E-state index contributed by atoms with van der Waals surface area (Å²) in [5.41, 5.74) is 3.16. The van der Waals surface area contributed by atoms with Crippen molar-refractivity contribution < 1.29 is 0 Å². The third-order valence-corrected chi connectivity index (χ3v) is 3.64. The normalized spacial score (nSPS) is 14.4. The summed E-state index contributed by atoms with van der Waals surface area (Å²) in [5, 5.41) is 13.3. The Hall–Kier alpha value is -1.60. The number of nitrogens with zero attached hydrogens (tertiary/aromatic N) is 3. The topological polar surface area (TPSA) is 41.6 Å². The van der Waals surface area contributed by atoms with Crippen LogP contribution in [0.4, 0.5) is 0 Å². The van der Waals surface area contributed by atoms with Gasteiger partial charge in [0, 0.05) is 16.1 Å². The highest BCUT2D eigenvalue weighted by molar-refractivity contribution is 9.10. The second-order valence-corrected chi connectivity index (χ2v) is 5.47. The van der Waals surface area contributed by atoms with Crippen molar-refractivity contribution in [3.8, 4) is 11.8 Å². The average molecular weight is 302 g/mol. The summed E-state index contributed by atoms with van der Waals surface area (Å²) in [7, 11) is 0. The first-order chi connectivity index (χ1) is 8.78. The third-order valence-electron chi connectivity index (χ3n) is 3.11. The van der Waals surface area contributed by atoms with E-state index in [2.05, 4.69) is 33.2 Å². The molecule has 3 rings (SSSR count). The van der Waals surface area contributed by atoms with E-state index in [-0.39, 0.29) is 0 Å². The molecule has 0 unspecified atom stereocenters. The van der Waals surface area contributed by atoms with Crippen LogP contribution >= 0.6 is 15.9 Å². The molecular weight excluding hydrogens is 290 g/mol. The van der Waals surface area contributed by atoms with Crippen LogP contribution in [-0.2, 0) is 6.42 Å². The van der Waals surface area contributed by atoms with Gasteiger partial charge < -0.3 is 0 Å². The first-order valence-corrected chi connectivity index (χ1v) is 6.79. The largest absolute Gasteiger partial charge is 0.237 e. The van der Waals surface area contributed by atoms with Crippen LogP contribution in [0.1, 0.15) is 30.1 Å². The summed E-state index contributed by atoms with van der Waals surface area (Å²) >= 11 is 3.44. The molecule has 0 saturated heterocycles. The predicted octanol–water partition coefficient (Wildman–Crippen LogP) is 3.58. The third kappa shape index (κ3) is 2.19. The quantitative estimate of drug-likeness (QED) is 0.869. The molecule has 1 fully saturated rings. The zero-order valence-electron chi connectivity index (χ0n) is 9.81. The van der Waals surface area contributed by atoms with Crippen LogP contribution in [0.5, 0.6) is 0 Å². The zero-order valence-corrected chi connectivity index (χ0v) is 11.4. The summed E-state index contributed by atoms with van der Waals surface area (Å²) < 4.78 is 3.04. The number of halogens is 1. The molecule has 18 heavy (non-hydrogen) atoms. The molecule has 1 aliphatic rings. The van der Waals surface area contributed by atoms with Gasteiger partial charge in [-0.15, -0.1) is 0 Å². The number of nitriles is 1. The number of hydrogen-bond acceptors (Lipinski definition) is 2. The first-order valence-electron chi connectivity index (χ1n) is 5.99. The van der Waals surface area contributed by atoms with Crippen LogP contribution in [0.15, 0.2) is 34.8 Å². The zero-order chi connectivity index (χ0) is 12.5. The monoisotopic (exact) mass is 301 g/mol. The summed E-state index contributed by atoms with van der Waals surface area (Å²) in [4.78, 5) is 0. The van der Waals surface area contributed by atoms with E-state index in [1.807, 2.05) is 28.9 Å². The summed E-state index contributed by atoms with van der Waals surface area (Å²) in [6, 6.07) is 12.3. The molecule has 1 heterocycles. The van der Waals surface area contributed by atoms with Gasteiger partial charge in [-0.25, -0.2) is 4.68 Å². The van der Waals surface area contributed by atoms with E-state index < -0.39 is 0 Å². The van der Waals surface area contributed by atoms with Crippen molar-refractivity contribution in [1.29, 1.82) is 5.26 Å². The maximum absolute atomic E-state index is 8.78. The van der Waals surface area contributed by atoms with Crippen LogP contribution in [0, 0.1) is 11.3 Å². The van der Waals surface area contributed by atoms with Gasteiger partial charge in [-0.1, -0.05) is 15.9 Å². The summed E-state index contributed by atoms with van der Waals surface area (Å²) in [6.07, 6.45) is 2.84. The Morgan fingerprint density at radius 3 is 2.67 bits per heavy atom. The van der Waals surface area contributed by atoms with E-state index in [0.717, 1.165) is 15.9 Å². The molecular formula is C14H12BrN3. The highest BCUT2D eigenvalue weighted by atomic mass is 79.9. The van der Waals surface area contributed by atoms with Gasteiger partial charge in [-0.05, 0) is 43.2 Å². The van der Waals surface area contributed by atoms with Gasteiger partial charge >= 0.3 is 0 Å². The van der Waals surface area contributed by atoms with Gasteiger partial charge in [0.2, 0.25) is 0 Å². The maximum Gasteiger partial charge on any atom is 0.0793 e. The Kier molecular flexibility index (Phi) is 2.92. The van der Waals surface area contributed by atoms with Gasteiger partial charge in [0.1, 0.15) is 0 Å². The van der Waals surface area contributed by atoms with E-state index in [1.165, 1.54) is 18.5 Å². The van der Waals surface area contributed by atoms with Crippen LogP contribution in [0.2, 0.25) is 0 Å². The van der Waals surface area contributed by atoms with Crippen LogP contribution in [0.25, 0.3) is 5.69 Å². The minimum atomic E-state index is 0.378. The van der Waals surface area contributed by atoms with Crippen molar-refractivity contribution in [3.05, 3.63) is 46.2 Å². The minimum Gasteiger partial charge on any atom is -0.237 e. The highest BCUT2D eigenvalue weighted by Crippen LogP contribution is 2.41. The van der Waals surface area contributed by atoms with Crippen molar-refractivity contribution >= 4 is 15.9 Å². The molecule has 90 valence electrons. The van der Waals surface area contributed by atoms with E-state index in [9.17, 15) is 0 Å². The smallest absolute Gasteiger partial charge is 0.0793 e. The highest BCUT2D eigenvalue weighted by Gasteiger charge is 2.28. The van der Waals surface area contributed by atoms with Gasteiger partial charge in [0.05, 0.1) is 23.9 Å². The molecule has 4 heteroatoms. The molecule has 0 atom stereocenters. The molecule has 1 aromatic carbocycles. The molecule has 1 aromatic heterocycles. The Labute approximate surface area is 114 Å². The Balaban J connectivity index is 2.04. The predicted molar refractivity (Wildman–Crippen MR) is 72.6 cm³/mol. The van der Waals surface area contributed by atoms with Crippen LogP contribution < -0.4 is 0 Å². The first kappa shape index (κ1) is 11.5. The molecule has 0 bridgehead atoms. The lowest BCUT2D eigenvalue weighted by Gasteiger charge is -2.06. The lowest BCUT2D eigenvalue weighted by Crippen LogP contribution is -2.01. The van der Waals surface area contributed by atoms with Crippen LogP contribution in [0.3, 0.4) is 0 Å². The fraction of sp³-hybridized carbons (Fsp3) is 0.286. The Bertz CT molecular complexity index is 603. The fourth-order valence-corrected chi connectivity index (χ4v) is 2.34. The number of hydrogen-bond donors (Lipinski definition) is 0. The molecule has 0 amide bonds. The molecule has 3 nitrogen and oxygen atoms in total. The fourth-order valence-electron chi connectivity index (χ4n) is 2.07. The van der Waals surface area contributed by atoms with Gasteiger partial charge in [-0.3, -0.25) is 0 Å². The Morgan fingerprint density at radius 2 is 2.06 bits per heavy atom. The second kappa shape index (κ2) is 4.58. The summed E-state index contributed by atoms with van der Waals surface area (Å²) in [6.45, 7) is 0. The molecule has 0 N–H and O–H groups in total. The second-order valence-electron chi connectivity index (χ2n) is 4.56. The molecule has 2 aromatic rings.